The van der Waals surface area contributed by atoms with Crippen LogP contribution in [0.3, 0.4) is 0 Å². The Kier molecular flexibility index (Phi) is 5.86. The van der Waals surface area contributed by atoms with E-state index in [1.807, 2.05) is 0 Å². The van der Waals surface area contributed by atoms with Crippen LogP contribution >= 0.6 is 0 Å². The van der Waals surface area contributed by atoms with Gasteiger partial charge in [-0.2, -0.15) is 0 Å². The summed E-state index contributed by atoms with van der Waals surface area (Å²) in [4.78, 5) is 5.08. The summed E-state index contributed by atoms with van der Waals surface area (Å²) in [5, 5.41) is 3.76. The van der Waals surface area contributed by atoms with Gasteiger partial charge < -0.3 is 15.1 Å². The largest absolute Gasteiger partial charge is 0.309 e. The van der Waals surface area contributed by atoms with E-state index < -0.39 is 0 Å². The topological polar surface area (TPSA) is 18.5 Å². The summed E-state index contributed by atoms with van der Waals surface area (Å²) in [5.74, 6) is 0. The first-order chi connectivity index (χ1) is 9.22. The van der Waals surface area contributed by atoms with Crippen LogP contribution in [0.25, 0.3) is 0 Å². The number of hydrogen-bond donors (Lipinski definition) is 1. The number of likely N-dealkylation sites (N-methyl/N-ethyl adjacent to an activating group) is 3. The Morgan fingerprint density at radius 1 is 1.26 bits per heavy atom. The maximum atomic E-state index is 3.76. The van der Waals surface area contributed by atoms with Gasteiger partial charge in [-0.05, 0) is 65.8 Å². The Morgan fingerprint density at radius 2 is 2.11 bits per heavy atom. The van der Waals surface area contributed by atoms with Gasteiger partial charge in [0.2, 0.25) is 0 Å². The van der Waals surface area contributed by atoms with E-state index in [1.54, 1.807) is 5.57 Å². The lowest BCUT2D eigenvalue weighted by molar-refractivity contribution is 0.189. The summed E-state index contributed by atoms with van der Waals surface area (Å²) in [6.07, 6.45) is 9.13. The highest BCUT2D eigenvalue weighted by Crippen LogP contribution is 2.24. The monoisotopic (exact) mass is 265 g/mol. The van der Waals surface area contributed by atoms with E-state index >= 15 is 0 Å². The molecule has 0 aromatic rings. The Bertz CT molecular complexity index is 300. The summed E-state index contributed by atoms with van der Waals surface area (Å²) in [5.41, 5.74) is 1.67. The quantitative estimate of drug-likeness (QED) is 0.785. The Labute approximate surface area is 119 Å². The van der Waals surface area contributed by atoms with Crippen LogP contribution in [0.15, 0.2) is 11.6 Å². The van der Waals surface area contributed by atoms with Crippen LogP contribution in [0, 0.1) is 0 Å². The van der Waals surface area contributed by atoms with Crippen molar-refractivity contribution in [3.63, 3.8) is 0 Å². The average molecular weight is 265 g/mol. The van der Waals surface area contributed by atoms with Gasteiger partial charge in [-0.1, -0.05) is 18.6 Å². The molecule has 110 valence electrons. The molecule has 2 unspecified atom stereocenters. The molecule has 0 radical (unpaired) electrons. The van der Waals surface area contributed by atoms with Crippen molar-refractivity contribution in [2.45, 2.75) is 51.1 Å². The van der Waals surface area contributed by atoms with E-state index in [-0.39, 0.29) is 0 Å². The zero-order valence-corrected chi connectivity index (χ0v) is 13.0. The summed E-state index contributed by atoms with van der Waals surface area (Å²) in [6, 6.07) is 1.17. The third-order valence-corrected chi connectivity index (χ3v) is 4.65. The van der Waals surface area contributed by atoms with Crippen molar-refractivity contribution in [1.29, 1.82) is 0 Å². The van der Waals surface area contributed by atoms with Crippen molar-refractivity contribution in [2.24, 2.45) is 0 Å². The number of allylic oxidation sites excluding steroid dienone is 1. The van der Waals surface area contributed by atoms with Gasteiger partial charge in [0.15, 0.2) is 0 Å². The van der Waals surface area contributed by atoms with E-state index in [1.165, 1.54) is 51.7 Å². The van der Waals surface area contributed by atoms with Gasteiger partial charge >= 0.3 is 0 Å². The van der Waals surface area contributed by atoms with Crippen LogP contribution in [0.4, 0.5) is 0 Å². The predicted molar refractivity (Wildman–Crippen MR) is 82.5 cm³/mol. The van der Waals surface area contributed by atoms with Crippen LogP contribution in [0.2, 0.25) is 0 Å². The molecule has 0 amide bonds. The first-order valence-electron chi connectivity index (χ1n) is 8.03. The molecule has 3 heteroatoms. The highest BCUT2D eigenvalue weighted by molar-refractivity contribution is 5.17. The molecule has 19 heavy (non-hydrogen) atoms. The lowest BCUT2D eigenvalue weighted by Gasteiger charge is -2.37. The molecule has 0 bridgehead atoms. The molecular formula is C16H31N3. The average Bonchev–Trinajstić information content (AvgIpc) is 2.59. The molecule has 1 aliphatic heterocycles. The van der Waals surface area contributed by atoms with Gasteiger partial charge in [-0.15, -0.1) is 0 Å². The molecule has 0 aromatic heterocycles. The van der Waals surface area contributed by atoms with Crippen LogP contribution in [0.1, 0.15) is 39.0 Å². The Morgan fingerprint density at radius 3 is 2.79 bits per heavy atom. The smallest absolute Gasteiger partial charge is 0.0449 e. The number of nitrogens with one attached hydrogen (secondary N) is 1. The van der Waals surface area contributed by atoms with Crippen LogP contribution < -0.4 is 5.32 Å². The molecule has 2 atom stereocenters. The lowest BCUT2D eigenvalue weighted by atomic mass is 9.89. The summed E-state index contributed by atoms with van der Waals surface area (Å²) < 4.78 is 0. The first kappa shape index (κ1) is 15.0. The number of rotatable bonds is 4. The van der Waals surface area contributed by atoms with Gasteiger partial charge in [0, 0.05) is 18.6 Å². The SMILES string of the molecule is CCNC(C1=CCCCC1)C1CN(C)CCCN1C. The summed E-state index contributed by atoms with van der Waals surface area (Å²) in [6.45, 7) is 6.95. The third kappa shape index (κ3) is 4.04. The first-order valence-corrected chi connectivity index (χ1v) is 8.03. The highest BCUT2D eigenvalue weighted by atomic mass is 15.2. The zero-order chi connectivity index (χ0) is 13.7. The normalized spacial score (nSPS) is 28.8. The fourth-order valence-corrected chi connectivity index (χ4v) is 3.55. The molecule has 0 saturated carbocycles. The maximum Gasteiger partial charge on any atom is 0.0449 e. The number of nitrogens with zero attached hydrogens (tertiary/aromatic N) is 2. The van der Waals surface area contributed by atoms with Crippen molar-refractivity contribution < 1.29 is 0 Å². The Hall–Kier alpha value is -0.380. The van der Waals surface area contributed by atoms with E-state index in [9.17, 15) is 0 Å². The fourth-order valence-electron chi connectivity index (χ4n) is 3.55. The van der Waals surface area contributed by atoms with Crippen LogP contribution in [0.5, 0.6) is 0 Å². The van der Waals surface area contributed by atoms with Crippen molar-refractivity contribution in [3.05, 3.63) is 11.6 Å². The van der Waals surface area contributed by atoms with Crippen molar-refractivity contribution in [3.8, 4) is 0 Å². The van der Waals surface area contributed by atoms with E-state index in [2.05, 4.69) is 42.2 Å². The van der Waals surface area contributed by atoms with E-state index in [0.29, 0.717) is 12.1 Å². The second kappa shape index (κ2) is 7.41. The molecule has 2 rings (SSSR count). The van der Waals surface area contributed by atoms with Gasteiger partial charge in [0.05, 0.1) is 0 Å². The van der Waals surface area contributed by atoms with Crippen LogP contribution in [-0.2, 0) is 0 Å². The molecule has 2 aliphatic rings. The summed E-state index contributed by atoms with van der Waals surface area (Å²) >= 11 is 0. The third-order valence-electron chi connectivity index (χ3n) is 4.65. The van der Waals surface area contributed by atoms with Crippen molar-refractivity contribution >= 4 is 0 Å². The van der Waals surface area contributed by atoms with E-state index in [0.717, 1.165) is 6.54 Å². The molecule has 1 fully saturated rings. The molecular weight excluding hydrogens is 234 g/mol. The van der Waals surface area contributed by atoms with Gasteiger partial charge in [0.25, 0.3) is 0 Å². The minimum atomic E-state index is 0.552. The minimum Gasteiger partial charge on any atom is -0.309 e. The highest BCUT2D eigenvalue weighted by Gasteiger charge is 2.30. The van der Waals surface area contributed by atoms with Gasteiger partial charge in [-0.25, -0.2) is 0 Å². The second-order valence-corrected chi connectivity index (χ2v) is 6.22. The second-order valence-electron chi connectivity index (χ2n) is 6.22. The molecule has 1 saturated heterocycles. The molecule has 1 heterocycles. The molecule has 0 aromatic carbocycles. The molecule has 1 aliphatic carbocycles. The fraction of sp³-hybridized carbons (Fsp3) is 0.875. The van der Waals surface area contributed by atoms with Gasteiger partial charge in [-0.3, -0.25) is 0 Å². The molecule has 3 nitrogen and oxygen atoms in total. The molecule has 1 N–H and O–H groups in total. The van der Waals surface area contributed by atoms with Gasteiger partial charge in [0.1, 0.15) is 0 Å². The van der Waals surface area contributed by atoms with Crippen molar-refractivity contribution in [2.75, 3.05) is 40.3 Å². The molecule has 0 spiro atoms. The minimum absolute atomic E-state index is 0.552. The predicted octanol–water partition coefficient (Wildman–Crippen LogP) is 2.10. The summed E-state index contributed by atoms with van der Waals surface area (Å²) in [7, 11) is 4.57. The van der Waals surface area contributed by atoms with Crippen LogP contribution in [-0.4, -0.2) is 62.2 Å². The zero-order valence-electron chi connectivity index (χ0n) is 13.0. The lowest BCUT2D eigenvalue weighted by Crippen LogP contribution is -2.53. The maximum absolute atomic E-state index is 3.76. The standard InChI is InChI=1S/C16H31N3/c1-4-17-16(14-9-6-5-7-10-14)15-13-18(2)11-8-12-19(15)3/h9,15-17H,4-8,10-13H2,1-3H3. The Balaban J connectivity index is 2.13. The number of hydrogen-bond acceptors (Lipinski definition) is 3. The van der Waals surface area contributed by atoms with Crippen molar-refractivity contribution in [1.82, 2.24) is 15.1 Å². The van der Waals surface area contributed by atoms with E-state index in [4.69, 9.17) is 0 Å².